The average Bonchev–Trinajstić information content (AvgIpc) is 3.18. The molecule has 0 bridgehead atoms. The molecule has 3 heterocycles. The first-order valence-electron chi connectivity index (χ1n) is 10.4. The molecule has 0 aromatic carbocycles. The molecule has 0 radical (unpaired) electrons. The number of nitrogens with zero attached hydrogens (tertiary/aromatic N) is 5. The number of esters is 1. The van der Waals surface area contributed by atoms with Gasteiger partial charge in [-0.1, -0.05) is 13.8 Å². The van der Waals surface area contributed by atoms with E-state index < -0.39 is 17.7 Å². The van der Waals surface area contributed by atoms with Gasteiger partial charge in [0.15, 0.2) is 0 Å². The Labute approximate surface area is 184 Å². The van der Waals surface area contributed by atoms with E-state index in [2.05, 4.69) is 20.2 Å². The fraction of sp³-hybridized carbons (Fsp3) is 0.667. The van der Waals surface area contributed by atoms with Crippen LogP contribution in [-0.2, 0) is 22.6 Å². The standard InChI is InChI=1S/C17H25N5O4.C2H3N.C2H6/c1-17(2,3)26-16(24)22-9-11-12(10-22)19-13(15(23)25-4)20-14(11)21-7-5-18-6-8-21;1-2-3;1-2/h18H,5-10H2,1-4H3;1H3;1-2H3. The number of amides is 1. The van der Waals surface area contributed by atoms with E-state index in [1.54, 1.807) is 11.0 Å². The van der Waals surface area contributed by atoms with Crippen molar-refractivity contribution in [1.29, 1.82) is 5.26 Å². The van der Waals surface area contributed by atoms with Crippen LogP contribution < -0.4 is 10.2 Å². The maximum atomic E-state index is 12.4. The van der Waals surface area contributed by atoms with Crippen molar-refractivity contribution < 1.29 is 19.1 Å². The molecule has 2 aliphatic heterocycles. The number of carbonyl (C=O) groups is 2. The number of methoxy groups -OCH3 is 1. The Hall–Kier alpha value is -2.93. The Balaban J connectivity index is 0.000000884. The summed E-state index contributed by atoms with van der Waals surface area (Å²) >= 11 is 0. The second-order valence-electron chi connectivity index (χ2n) is 7.58. The van der Waals surface area contributed by atoms with Gasteiger partial charge in [-0.15, -0.1) is 0 Å². The zero-order valence-electron chi connectivity index (χ0n) is 19.6. The van der Waals surface area contributed by atoms with Gasteiger partial charge in [0.05, 0.1) is 32.0 Å². The van der Waals surface area contributed by atoms with E-state index >= 15 is 0 Å². The summed E-state index contributed by atoms with van der Waals surface area (Å²) in [5.74, 6) is 0.133. The highest BCUT2D eigenvalue weighted by Crippen LogP contribution is 2.30. The molecule has 0 aliphatic carbocycles. The van der Waals surface area contributed by atoms with Gasteiger partial charge in [0.25, 0.3) is 0 Å². The van der Waals surface area contributed by atoms with Crippen molar-refractivity contribution in [2.24, 2.45) is 0 Å². The lowest BCUT2D eigenvalue weighted by Crippen LogP contribution is -2.44. The van der Waals surface area contributed by atoms with Crippen molar-refractivity contribution in [2.45, 2.75) is 60.2 Å². The van der Waals surface area contributed by atoms with Crippen molar-refractivity contribution in [1.82, 2.24) is 20.2 Å². The van der Waals surface area contributed by atoms with Crippen molar-refractivity contribution in [3.05, 3.63) is 17.1 Å². The molecule has 31 heavy (non-hydrogen) atoms. The van der Waals surface area contributed by atoms with Gasteiger partial charge in [-0.2, -0.15) is 5.26 Å². The second-order valence-corrected chi connectivity index (χ2v) is 7.58. The number of nitriles is 1. The van der Waals surface area contributed by atoms with E-state index in [-0.39, 0.29) is 12.4 Å². The zero-order valence-corrected chi connectivity index (χ0v) is 19.6. The molecule has 1 amide bonds. The minimum atomic E-state index is -0.583. The smallest absolute Gasteiger partial charge is 0.410 e. The monoisotopic (exact) mass is 434 g/mol. The number of ether oxygens (including phenoxy) is 2. The molecule has 0 spiro atoms. The minimum absolute atomic E-state index is 0.0193. The maximum absolute atomic E-state index is 12.4. The molecular weight excluding hydrogens is 400 g/mol. The Morgan fingerprint density at radius 1 is 1.13 bits per heavy atom. The van der Waals surface area contributed by atoms with Crippen LogP contribution in [0.25, 0.3) is 0 Å². The van der Waals surface area contributed by atoms with Gasteiger partial charge in [0.2, 0.25) is 5.82 Å². The van der Waals surface area contributed by atoms with Gasteiger partial charge in [0.1, 0.15) is 11.4 Å². The number of anilines is 1. The number of aromatic nitrogens is 2. The summed E-state index contributed by atoms with van der Waals surface area (Å²) in [4.78, 5) is 36.9. The van der Waals surface area contributed by atoms with Crippen molar-refractivity contribution in [3.8, 4) is 6.07 Å². The number of fused-ring (bicyclic) bond motifs is 1. The second kappa shape index (κ2) is 12.1. The predicted molar refractivity (Wildman–Crippen MR) is 117 cm³/mol. The lowest BCUT2D eigenvalue weighted by molar-refractivity contribution is 0.0240. The van der Waals surface area contributed by atoms with Crippen LogP contribution in [0.1, 0.15) is 63.4 Å². The predicted octanol–water partition coefficient (Wildman–Crippen LogP) is 2.48. The molecular formula is C21H34N6O4. The molecule has 1 N–H and O–H groups in total. The molecule has 2 aliphatic rings. The van der Waals surface area contributed by atoms with Crippen LogP contribution in [-0.4, -0.2) is 65.8 Å². The highest BCUT2D eigenvalue weighted by atomic mass is 16.6. The SMILES string of the molecule is CC.CC#N.COC(=O)c1nc2c(c(N3CCNCC3)n1)CN(C(=O)OC(C)(C)C)C2. The summed E-state index contributed by atoms with van der Waals surface area (Å²) in [7, 11) is 1.30. The molecule has 0 saturated carbocycles. The number of nitrogens with one attached hydrogen (secondary N) is 1. The largest absolute Gasteiger partial charge is 0.463 e. The van der Waals surface area contributed by atoms with Gasteiger partial charge in [-0.3, -0.25) is 4.90 Å². The van der Waals surface area contributed by atoms with E-state index in [0.29, 0.717) is 18.1 Å². The van der Waals surface area contributed by atoms with E-state index in [1.807, 2.05) is 34.6 Å². The van der Waals surface area contributed by atoms with E-state index in [0.717, 1.165) is 31.7 Å². The fourth-order valence-corrected chi connectivity index (χ4v) is 3.01. The Morgan fingerprint density at radius 3 is 2.23 bits per heavy atom. The molecule has 1 saturated heterocycles. The van der Waals surface area contributed by atoms with Crippen molar-refractivity contribution >= 4 is 17.9 Å². The van der Waals surface area contributed by atoms with E-state index in [4.69, 9.17) is 14.7 Å². The minimum Gasteiger partial charge on any atom is -0.463 e. The Kier molecular flexibility index (Phi) is 10.1. The summed E-state index contributed by atoms with van der Waals surface area (Å²) < 4.78 is 10.2. The molecule has 1 aromatic rings. The summed E-state index contributed by atoms with van der Waals surface area (Å²) in [5, 5.41) is 10.6. The van der Waals surface area contributed by atoms with Gasteiger partial charge in [-0.25, -0.2) is 19.6 Å². The van der Waals surface area contributed by atoms with Gasteiger partial charge in [-0.05, 0) is 20.8 Å². The highest BCUT2D eigenvalue weighted by molar-refractivity contribution is 5.86. The normalized spacial score (nSPS) is 14.8. The van der Waals surface area contributed by atoms with Crippen LogP contribution in [0.4, 0.5) is 10.6 Å². The Morgan fingerprint density at radius 2 is 1.71 bits per heavy atom. The van der Waals surface area contributed by atoms with Crippen LogP contribution in [0.5, 0.6) is 0 Å². The number of piperazine rings is 1. The lowest BCUT2D eigenvalue weighted by atomic mass is 10.2. The molecule has 0 atom stereocenters. The fourth-order valence-electron chi connectivity index (χ4n) is 3.01. The molecule has 10 heteroatoms. The Bertz CT molecular complexity index is 794. The van der Waals surface area contributed by atoms with Crippen molar-refractivity contribution in [2.75, 3.05) is 38.2 Å². The molecule has 3 rings (SSSR count). The van der Waals surface area contributed by atoms with Crippen LogP contribution >= 0.6 is 0 Å². The van der Waals surface area contributed by atoms with Gasteiger partial charge >= 0.3 is 12.1 Å². The summed E-state index contributed by atoms with van der Waals surface area (Å²) in [5.41, 5.74) is 0.959. The topological polar surface area (TPSA) is 121 Å². The summed E-state index contributed by atoms with van der Waals surface area (Å²) in [6.07, 6.45) is -0.402. The lowest BCUT2D eigenvalue weighted by Gasteiger charge is -2.30. The number of hydrogen-bond acceptors (Lipinski definition) is 9. The first kappa shape index (κ1) is 26.1. The molecule has 1 fully saturated rings. The van der Waals surface area contributed by atoms with Crippen LogP contribution in [0.3, 0.4) is 0 Å². The maximum Gasteiger partial charge on any atom is 0.410 e. The van der Waals surface area contributed by atoms with Crippen LogP contribution in [0.15, 0.2) is 0 Å². The third-order valence-corrected chi connectivity index (χ3v) is 4.20. The highest BCUT2D eigenvalue weighted by Gasteiger charge is 2.33. The summed E-state index contributed by atoms with van der Waals surface area (Å²) in [6, 6.07) is 1.75. The molecule has 0 unspecified atom stereocenters. The van der Waals surface area contributed by atoms with E-state index in [1.165, 1.54) is 14.0 Å². The van der Waals surface area contributed by atoms with Crippen LogP contribution in [0, 0.1) is 11.3 Å². The van der Waals surface area contributed by atoms with Gasteiger partial charge in [0, 0.05) is 38.7 Å². The quantitative estimate of drug-likeness (QED) is 0.700. The molecule has 10 nitrogen and oxygen atoms in total. The zero-order chi connectivity index (χ0) is 23.6. The first-order chi connectivity index (χ1) is 14.7. The number of rotatable bonds is 2. The van der Waals surface area contributed by atoms with Crippen LogP contribution in [0.2, 0.25) is 0 Å². The van der Waals surface area contributed by atoms with E-state index in [9.17, 15) is 9.59 Å². The number of hydrogen-bond donors (Lipinski definition) is 1. The molecule has 1 aromatic heterocycles. The number of carbonyl (C=O) groups excluding carboxylic acids is 2. The molecule has 172 valence electrons. The first-order valence-corrected chi connectivity index (χ1v) is 10.4. The third kappa shape index (κ3) is 7.36. The third-order valence-electron chi connectivity index (χ3n) is 4.20. The average molecular weight is 435 g/mol. The van der Waals surface area contributed by atoms with Gasteiger partial charge < -0.3 is 19.7 Å². The van der Waals surface area contributed by atoms with Crippen molar-refractivity contribution in [3.63, 3.8) is 0 Å². The summed E-state index contributed by atoms with van der Waals surface area (Å²) in [6.45, 7) is 14.8.